The molecule has 0 aromatic heterocycles. The molecule has 0 heterocycles. The molecule has 0 fully saturated rings. The second kappa shape index (κ2) is 10.1. The predicted octanol–water partition coefficient (Wildman–Crippen LogP) is 2.98. The van der Waals surface area contributed by atoms with Crippen LogP contribution in [0, 0.1) is 0 Å². The van der Waals surface area contributed by atoms with Crippen LogP contribution in [0.5, 0.6) is 5.75 Å². The molecular formula is C17H29N3O. The van der Waals surface area contributed by atoms with Crippen molar-refractivity contribution in [3.05, 3.63) is 29.8 Å². The quantitative estimate of drug-likeness (QED) is 0.572. The molecule has 0 aliphatic heterocycles. The zero-order chi connectivity index (χ0) is 15.5. The van der Waals surface area contributed by atoms with Gasteiger partial charge in [-0.15, -0.1) is 0 Å². The molecule has 0 amide bonds. The Morgan fingerprint density at radius 2 is 2.10 bits per heavy atom. The van der Waals surface area contributed by atoms with Crippen LogP contribution in [0.3, 0.4) is 0 Å². The van der Waals surface area contributed by atoms with Gasteiger partial charge in [0.25, 0.3) is 0 Å². The Kier molecular flexibility index (Phi) is 8.32. The van der Waals surface area contributed by atoms with Crippen LogP contribution in [0.4, 0.5) is 0 Å². The van der Waals surface area contributed by atoms with Crippen molar-refractivity contribution in [1.29, 1.82) is 0 Å². The van der Waals surface area contributed by atoms with Gasteiger partial charge < -0.3 is 15.4 Å². The van der Waals surface area contributed by atoms with Crippen molar-refractivity contribution in [3.63, 3.8) is 0 Å². The number of ether oxygens (including phenoxy) is 1. The normalized spacial score (nSPS) is 11.6. The molecule has 2 N–H and O–H groups in total. The van der Waals surface area contributed by atoms with Gasteiger partial charge in [-0.05, 0) is 51.3 Å². The summed E-state index contributed by atoms with van der Waals surface area (Å²) >= 11 is 0. The van der Waals surface area contributed by atoms with E-state index in [9.17, 15) is 0 Å². The highest BCUT2D eigenvalue weighted by Gasteiger charge is 2.00. The Bertz CT molecular complexity index is 430. The fraction of sp³-hybridized carbons (Fsp3) is 0.588. The highest BCUT2D eigenvalue weighted by molar-refractivity contribution is 5.79. The average molecular weight is 291 g/mol. The number of nitrogens with one attached hydrogen (secondary N) is 2. The minimum Gasteiger partial charge on any atom is -0.494 e. The van der Waals surface area contributed by atoms with Crippen LogP contribution >= 0.6 is 0 Å². The van der Waals surface area contributed by atoms with Crippen molar-refractivity contribution >= 4 is 5.96 Å². The lowest BCUT2D eigenvalue weighted by Crippen LogP contribution is -2.41. The third kappa shape index (κ3) is 7.59. The van der Waals surface area contributed by atoms with E-state index in [0.717, 1.165) is 44.2 Å². The summed E-state index contributed by atoms with van der Waals surface area (Å²) in [5, 5.41) is 6.57. The topological polar surface area (TPSA) is 45.6 Å². The smallest absolute Gasteiger partial charge is 0.191 e. The van der Waals surface area contributed by atoms with E-state index in [-0.39, 0.29) is 0 Å². The number of hydrogen-bond donors (Lipinski definition) is 2. The summed E-state index contributed by atoms with van der Waals surface area (Å²) in [6.07, 6.45) is 1.94. The molecule has 4 heteroatoms. The Hall–Kier alpha value is -1.71. The molecule has 0 bridgehead atoms. The van der Waals surface area contributed by atoms with E-state index in [1.165, 1.54) is 5.56 Å². The molecule has 0 spiro atoms. The lowest BCUT2D eigenvalue weighted by atomic mass is 10.1. The Balaban J connectivity index is 2.52. The molecule has 0 atom stereocenters. The Morgan fingerprint density at radius 3 is 2.76 bits per heavy atom. The molecular weight excluding hydrogens is 262 g/mol. The van der Waals surface area contributed by atoms with Gasteiger partial charge in [-0.3, -0.25) is 4.99 Å². The minimum atomic E-state index is 0.383. The molecule has 4 nitrogen and oxygen atoms in total. The summed E-state index contributed by atoms with van der Waals surface area (Å²) in [4.78, 5) is 4.59. The van der Waals surface area contributed by atoms with E-state index in [0.29, 0.717) is 6.04 Å². The van der Waals surface area contributed by atoms with Gasteiger partial charge in [0.2, 0.25) is 0 Å². The van der Waals surface area contributed by atoms with Crippen LogP contribution in [0.15, 0.2) is 29.3 Å². The van der Waals surface area contributed by atoms with Crippen LogP contribution in [-0.2, 0) is 6.42 Å². The van der Waals surface area contributed by atoms with Gasteiger partial charge >= 0.3 is 0 Å². The van der Waals surface area contributed by atoms with Gasteiger partial charge in [-0.1, -0.05) is 19.1 Å². The van der Waals surface area contributed by atoms with Gasteiger partial charge in [0.1, 0.15) is 5.75 Å². The Morgan fingerprint density at radius 1 is 1.29 bits per heavy atom. The van der Waals surface area contributed by atoms with Crippen LogP contribution in [0.25, 0.3) is 0 Å². The van der Waals surface area contributed by atoms with E-state index in [1.807, 2.05) is 12.1 Å². The first-order valence-corrected chi connectivity index (χ1v) is 7.92. The predicted molar refractivity (Wildman–Crippen MR) is 90.2 cm³/mol. The van der Waals surface area contributed by atoms with Gasteiger partial charge in [0.15, 0.2) is 5.96 Å². The van der Waals surface area contributed by atoms with Crippen molar-refractivity contribution < 1.29 is 4.74 Å². The maximum Gasteiger partial charge on any atom is 0.191 e. The lowest BCUT2D eigenvalue weighted by molar-refractivity contribution is 0.317. The maximum atomic E-state index is 5.65. The first-order valence-electron chi connectivity index (χ1n) is 7.92. The largest absolute Gasteiger partial charge is 0.494 e. The summed E-state index contributed by atoms with van der Waals surface area (Å²) < 4.78 is 5.65. The van der Waals surface area contributed by atoms with Crippen molar-refractivity contribution in [1.82, 2.24) is 10.6 Å². The molecule has 1 rings (SSSR count). The fourth-order valence-corrected chi connectivity index (χ4v) is 1.90. The molecule has 0 aliphatic rings. The van der Waals surface area contributed by atoms with E-state index >= 15 is 0 Å². The van der Waals surface area contributed by atoms with Crippen molar-refractivity contribution in [2.45, 2.75) is 46.6 Å². The fourth-order valence-electron chi connectivity index (χ4n) is 1.90. The van der Waals surface area contributed by atoms with Gasteiger partial charge in [-0.25, -0.2) is 0 Å². The summed E-state index contributed by atoms with van der Waals surface area (Å²) in [7, 11) is 0. The Labute approximate surface area is 129 Å². The monoisotopic (exact) mass is 291 g/mol. The van der Waals surface area contributed by atoms with Gasteiger partial charge in [0, 0.05) is 19.1 Å². The molecule has 1 aromatic carbocycles. The van der Waals surface area contributed by atoms with Crippen molar-refractivity contribution in [2.24, 2.45) is 4.99 Å². The molecule has 0 unspecified atom stereocenters. The summed E-state index contributed by atoms with van der Waals surface area (Å²) in [6.45, 7) is 10.8. The highest BCUT2D eigenvalue weighted by Crippen LogP contribution is 2.14. The van der Waals surface area contributed by atoms with E-state index in [4.69, 9.17) is 4.74 Å². The third-order valence-corrected chi connectivity index (χ3v) is 2.81. The van der Waals surface area contributed by atoms with Crippen LogP contribution in [-0.4, -0.2) is 31.7 Å². The summed E-state index contributed by atoms with van der Waals surface area (Å²) in [5.74, 6) is 1.83. The van der Waals surface area contributed by atoms with Gasteiger partial charge in [0.05, 0.1) is 6.61 Å². The zero-order valence-corrected chi connectivity index (χ0v) is 13.8. The molecule has 118 valence electrons. The molecule has 0 radical (unpaired) electrons. The van der Waals surface area contributed by atoms with Crippen LogP contribution in [0.2, 0.25) is 0 Å². The van der Waals surface area contributed by atoms with Crippen molar-refractivity contribution in [3.8, 4) is 5.75 Å². The maximum absolute atomic E-state index is 5.65. The van der Waals surface area contributed by atoms with Crippen LogP contribution < -0.4 is 15.4 Å². The van der Waals surface area contributed by atoms with Crippen molar-refractivity contribution in [2.75, 3.05) is 19.7 Å². The highest BCUT2D eigenvalue weighted by atomic mass is 16.5. The second-order valence-corrected chi connectivity index (χ2v) is 5.31. The number of hydrogen-bond acceptors (Lipinski definition) is 2. The first kappa shape index (κ1) is 17.3. The van der Waals surface area contributed by atoms with Gasteiger partial charge in [-0.2, -0.15) is 0 Å². The van der Waals surface area contributed by atoms with E-state index < -0.39 is 0 Å². The van der Waals surface area contributed by atoms with Crippen LogP contribution in [0.1, 0.15) is 39.7 Å². The molecule has 21 heavy (non-hydrogen) atoms. The zero-order valence-electron chi connectivity index (χ0n) is 13.8. The van der Waals surface area contributed by atoms with E-state index in [1.54, 1.807) is 0 Å². The lowest BCUT2D eigenvalue weighted by Gasteiger charge is -2.14. The number of nitrogens with zero attached hydrogens (tertiary/aromatic N) is 1. The number of benzene rings is 1. The second-order valence-electron chi connectivity index (χ2n) is 5.31. The molecule has 0 saturated heterocycles. The molecule has 1 aromatic rings. The first-order chi connectivity index (χ1) is 10.2. The molecule has 0 aliphatic carbocycles. The third-order valence-electron chi connectivity index (χ3n) is 2.81. The number of guanidine groups is 1. The minimum absolute atomic E-state index is 0.383. The summed E-state index contributed by atoms with van der Waals surface area (Å²) in [5.41, 5.74) is 1.26. The summed E-state index contributed by atoms with van der Waals surface area (Å²) in [6, 6.07) is 8.66. The average Bonchev–Trinajstić information content (AvgIpc) is 2.45. The SMILES string of the molecule is CCCOc1cccc(CCN=C(NCC)NC(C)C)c1. The standard InChI is InChI=1S/C17H29N3O/c1-5-12-21-16-9-7-8-15(13-16)10-11-19-17(18-6-2)20-14(3)4/h7-9,13-14H,5-6,10-12H2,1-4H3,(H2,18,19,20). The molecule has 0 saturated carbocycles. The van der Waals surface area contributed by atoms with E-state index in [2.05, 4.69) is 55.5 Å². The number of aliphatic imine (C=N–C) groups is 1. The number of rotatable bonds is 8.